The fraction of sp³-hybridized carbons (Fsp3) is 0. The molecule has 1 aliphatic heterocycles. The number of aliphatic imine (C=N–C) groups is 1. The number of carbonyl (C=O) groups is 1. The molecule has 4 rings (SSSR count). The van der Waals surface area contributed by atoms with Crippen LogP contribution in [0.25, 0.3) is 21.7 Å². The van der Waals surface area contributed by atoms with E-state index in [0.29, 0.717) is 0 Å². The number of carboxylic acids is 1. The summed E-state index contributed by atoms with van der Waals surface area (Å²) < 4.78 is 0. The minimum Gasteiger partial charge on any atom is -0.478 e. The lowest BCUT2D eigenvalue weighted by molar-refractivity contribution is 0.0696. The van der Waals surface area contributed by atoms with Gasteiger partial charge in [-0.3, -0.25) is 9.98 Å². The van der Waals surface area contributed by atoms with Gasteiger partial charge >= 0.3 is 5.97 Å². The van der Waals surface area contributed by atoms with Gasteiger partial charge in [0.1, 0.15) is 0 Å². The zero-order valence-corrected chi connectivity index (χ0v) is 9.79. The molecule has 1 aliphatic rings. The molecule has 1 aromatic heterocycles. The average molecular weight is 248 g/mol. The first-order valence-electron chi connectivity index (χ1n) is 5.87. The molecule has 0 aliphatic carbocycles. The van der Waals surface area contributed by atoms with Gasteiger partial charge in [0.05, 0.1) is 16.8 Å². The van der Waals surface area contributed by atoms with Gasteiger partial charge in [0.2, 0.25) is 0 Å². The van der Waals surface area contributed by atoms with Crippen molar-refractivity contribution in [1.82, 2.24) is 4.98 Å². The molecular weight excluding hydrogens is 240 g/mol. The van der Waals surface area contributed by atoms with Gasteiger partial charge in [-0.15, -0.1) is 0 Å². The van der Waals surface area contributed by atoms with E-state index in [4.69, 9.17) is 5.11 Å². The molecule has 0 bridgehead atoms. The Kier molecular flexibility index (Phi) is 1.82. The number of aromatic carboxylic acids is 1. The Bertz CT molecular complexity index is 897. The third-order valence-corrected chi connectivity index (χ3v) is 3.42. The zero-order chi connectivity index (χ0) is 13.0. The number of fused-ring (bicyclic) bond motifs is 2. The van der Waals surface area contributed by atoms with E-state index in [1.54, 1.807) is 6.07 Å². The topological polar surface area (TPSA) is 62.5 Å². The van der Waals surface area contributed by atoms with E-state index in [2.05, 4.69) is 9.98 Å². The molecule has 2 heterocycles. The summed E-state index contributed by atoms with van der Waals surface area (Å²) in [6.07, 6.45) is 3.21. The Morgan fingerprint density at radius 2 is 2.05 bits per heavy atom. The zero-order valence-electron chi connectivity index (χ0n) is 9.79. The van der Waals surface area contributed by atoms with Crippen molar-refractivity contribution >= 4 is 39.5 Å². The Hall–Kier alpha value is -2.75. The van der Waals surface area contributed by atoms with Gasteiger partial charge in [-0.25, -0.2) is 4.79 Å². The van der Waals surface area contributed by atoms with E-state index in [1.807, 2.05) is 30.5 Å². The molecule has 4 nitrogen and oxygen atoms in total. The highest BCUT2D eigenvalue weighted by molar-refractivity contribution is 6.20. The lowest BCUT2D eigenvalue weighted by atomic mass is 9.99. The van der Waals surface area contributed by atoms with Crippen LogP contribution in [0, 0.1) is 0 Å². The molecule has 4 heteroatoms. The van der Waals surface area contributed by atoms with Crippen LogP contribution < -0.4 is 0 Å². The van der Waals surface area contributed by atoms with E-state index in [0.717, 1.165) is 32.9 Å². The van der Waals surface area contributed by atoms with E-state index in [9.17, 15) is 4.79 Å². The van der Waals surface area contributed by atoms with Gasteiger partial charge in [0.25, 0.3) is 0 Å². The molecule has 19 heavy (non-hydrogen) atoms. The lowest BCUT2D eigenvalue weighted by Gasteiger charge is -2.06. The van der Waals surface area contributed by atoms with Crippen molar-refractivity contribution in [3.8, 4) is 0 Å². The third kappa shape index (κ3) is 1.31. The normalized spacial score (nSPS) is 12.4. The lowest BCUT2D eigenvalue weighted by Crippen LogP contribution is -1.97. The van der Waals surface area contributed by atoms with Crippen LogP contribution in [0.4, 0.5) is 5.69 Å². The molecule has 0 saturated heterocycles. The molecule has 0 fully saturated rings. The first kappa shape index (κ1) is 10.2. The molecule has 3 aromatic rings. The van der Waals surface area contributed by atoms with Crippen molar-refractivity contribution in [2.45, 2.75) is 0 Å². The summed E-state index contributed by atoms with van der Waals surface area (Å²) in [4.78, 5) is 19.7. The largest absolute Gasteiger partial charge is 0.478 e. The summed E-state index contributed by atoms with van der Waals surface area (Å²) >= 11 is 0. The summed E-state index contributed by atoms with van der Waals surface area (Å²) in [5.74, 6) is -0.964. The number of rotatable bonds is 1. The van der Waals surface area contributed by atoms with Gasteiger partial charge in [-0.1, -0.05) is 12.1 Å². The number of aromatic nitrogens is 1. The van der Waals surface area contributed by atoms with Crippen LogP contribution in [0.2, 0.25) is 0 Å². The molecule has 0 atom stereocenters. The van der Waals surface area contributed by atoms with Crippen molar-refractivity contribution in [2.24, 2.45) is 4.99 Å². The molecule has 0 saturated carbocycles. The number of benzene rings is 2. The van der Waals surface area contributed by atoms with Crippen molar-refractivity contribution in [1.29, 1.82) is 0 Å². The van der Waals surface area contributed by atoms with Gasteiger partial charge in [0, 0.05) is 28.7 Å². The molecular formula is C15H8N2O2. The standard InChI is InChI=1S/C15H8N2O2/c18-15(19)9-4-11-10-2-1-3-12-14(10)8(6-16-12)5-13(11)17-7-9/h1-7H,(H,18,19). The van der Waals surface area contributed by atoms with Gasteiger partial charge in [0.15, 0.2) is 0 Å². The second kappa shape index (κ2) is 3.38. The summed E-state index contributed by atoms with van der Waals surface area (Å²) in [6.45, 7) is 0. The van der Waals surface area contributed by atoms with E-state index >= 15 is 0 Å². The van der Waals surface area contributed by atoms with Crippen molar-refractivity contribution in [2.75, 3.05) is 0 Å². The maximum absolute atomic E-state index is 11.1. The maximum Gasteiger partial charge on any atom is 0.337 e. The summed E-state index contributed by atoms with van der Waals surface area (Å²) in [6, 6.07) is 9.48. The monoisotopic (exact) mass is 248 g/mol. The highest BCUT2D eigenvalue weighted by Gasteiger charge is 2.15. The second-order valence-corrected chi connectivity index (χ2v) is 4.52. The maximum atomic E-state index is 11.1. The number of nitrogens with zero attached hydrogens (tertiary/aromatic N) is 2. The minimum absolute atomic E-state index is 0.201. The molecule has 1 N–H and O–H groups in total. The first-order valence-corrected chi connectivity index (χ1v) is 5.87. The number of carboxylic acid groups (broad SMARTS) is 1. The first-order chi connectivity index (χ1) is 9.24. The molecule has 2 aromatic carbocycles. The van der Waals surface area contributed by atoms with Crippen molar-refractivity contribution in [3.05, 3.63) is 47.7 Å². The van der Waals surface area contributed by atoms with Crippen molar-refractivity contribution in [3.63, 3.8) is 0 Å². The average Bonchev–Trinajstić information content (AvgIpc) is 2.83. The van der Waals surface area contributed by atoms with Crippen LogP contribution >= 0.6 is 0 Å². The summed E-state index contributed by atoms with van der Waals surface area (Å²) in [5, 5.41) is 12.0. The molecule has 0 spiro atoms. The van der Waals surface area contributed by atoms with Crippen LogP contribution in [-0.2, 0) is 0 Å². The summed E-state index contributed by atoms with van der Waals surface area (Å²) in [7, 11) is 0. The molecule has 0 unspecified atom stereocenters. The van der Waals surface area contributed by atoms with Gasteiger partial charge in [-0.2, -0.15) is 0 Å². The Morgan fingerprint density at radius 3 is 2.89 bits per heavy atom. The molecule has 90 valence electrons. The Labute approximate surface area is 108 Å². The highest BCUT2D eigenvalue weighted by Crippen LogP contribution is 2.37. The predicted molar refractivity (Wildman–Crippen MR) is 73.5 cm³/mol. The van der Waals surface area contributed by atoms with Gasteiger partial charge in [-0.05, 0) is 23.6 Å². The second-order valence-electron chi connectivity index (χ2n) is 4.52. The van der Waals surface area contributed by atoms with Crippen LogP contribution in [0.15, 0.2) is 41.5 Å². The smallest absolute Gasteiger partial charge is 0.337 e. The fourth-order valence-electron chi connectivity index (χ4n) is 2.56. The fourth-order valence-corrected chi connectivity index (χ4v) is 2.56. The molecule has 0 radical (unpaired) electrons. The predicted octanol–water partition coefficient (Wildman–Crippen LogP) is 3.15. The van der Waals surface area contributed by atoms with Crippen molar-refractivity contribution < 1.29 is 9.90 Å². The Balaban J connectivity index is 2.23. The quantitative estimate of drug-likeness (QED) is 0.526. The SMILES string of the molecule is O=C(O)c1cnc2cc3c4c(cccc4c2c1)N=C3. The van der Waals surface area contributed by atoms with E-state index in [-0.39, 0.29) is 5.56 Å². The minimum atomic E-state index is -0.964. The van der Waals surface area contributed by atoms with Crippen LogP contribution in [0.1, 0.15) is 15.9 Å². The van der Waals surface area contributed by atoms with Crippen LogP contribution in [0.5, 0.6) is 0 Å². The van der Waals surface area contributed by atoms with Gasteiger partial charge < -0.3 is 5.11 Å². The van der Waals surface area contributed by atoms with Crippen LogP contribution in [0.3, 0.4) is 0 Å². The highest BCUT2D eigenvalue weighted by atomic mass is 16.4. The summed E-state index contributed by atoms with van der Waals surface area (Å²) in [5.41, 5.74) is 2.95. The molecule has 0 amide bonds. The van der Waals surface area contributed by atoms with E-state index in [1.165, 1.54) is 6.20 Å². The van der Waals surface area contributed by atoms with Crippen LogP contribution in [-0.4, -0.2) is 22.3 Å². The number of hydrogen-bond acceptors (Lipinski definition) is 3. The third-order valence-electron chi connectivity index (χ3n) is 3.42. The Morgan fingerprint density at radius 1 is 1.16 bits per heavy atom. The number of hydrogen-bond donors (Lipinski definition) is 1. The van der Waals surface area contributed by atoms with E-state index < -0.39 is 5.97 Å². The number of pyridine rings is 1.